The van der Waals surface area contributed by atoms with Gasteiger partial charge in [-0.05, 0) is 189 Å². The van der Waals surface area contributed by atoms with Crippen molar-refractivity contribution in [3.63, 3.8) is 0 Å². The maximum atomic E-state index is 14.3. The lowest BCUT2D eigenvalue weighted by Crippen LogP contribution is -2.04. The van der Waals surface area contributed by atoms with Crippen molar-refractivity contribution in [2.45, 2.75) is 6.18 Å². The van der Waals surface area contributed by atoms with Gasteiger partial charge in [0.25, 0.3) is 0 Å². The summed E-state index contributed by atoms with van der Waals surface area (Å²) in [4.78, 5) is 22.1. The van der Waals surface area contributed by atoms with Gasteiger partial charge in [0.05, 0.1) is 108 Å². The van der Waals surface area contributed by atoms with Gasteiger partial charge in [0.15, 0.2) is 34.1 Å². The summed E-state index contributed by atoms with van der Waals surface area (Å²) in [6.45, 7) is 48.1. The lowest BCUT2D eigenvalue weighted by molar-refractivity contribution is -0.137. The summed E-state index contributed by atoms with van der Waals surface area (Å²) in [5.74, 6) is 0. The van der Waals surface area contributed by atoms with Crippen molar-refractivity contribution in [1.29, 1.82) is 21.0 Å². The predicted octanol–water partition coefficient (Wildman–Crippen LogP) is 21.7. The minimum absolute atomic E-state index is 0.213. The molecule has 12 nitrogen and oxygen atoms in total. The van der Waals surface area contributed by atoms with Gasteiger partial charge in [-0.3, -0.25) is 0 Å². The molecule has 0 aliphatic heterocycles. The van der Waals surface area contributed by atoms with E-state index < -0.39 is 11.7 Å². The van der Waals surface area contributed by atoms with Crippen LogP contribution < -0.4 is 0 Å². The number of hydrogen-bond acceptors (Lipinski definition) is 4. The summed E-state index contributed by atoms with van der Waals surface area (Å²) in [5, 5.41) is 43.0. The van der Waals surface area contributed by atoms with E-state index in [9.17, 15) is 34.2 Å². The second kappa shape index (κ2) is 22.5. The molecule has 0 bridgehead atoms. The second-order valence-corrected chi connectivity index (χ2v) is 21.5. The molecule has 0 N–H and O–H groups in total. The Morgan fingerprint density at radius 3 is 1.09 bits per heavy atom. The molecule has 11 aromatic carbocycles. The lowest BCUT2D eigenvalue weighted by atomic mass is 9.94. The van der Waals surface area contributed by atoms with Gasteiger partial charge in [0.2, 0.25) is 0 Å². The van der Waals surface area contributed by atoms with Crippen LogP contribution in [0.15, 0.2) is 200 Å². The molecule has 0 radical (unpaired) electrons. The highest BCUT2D eigenvalue weighted by Gasteiger charge is 2.31. The van der Waals surface area contributed by atoms with Crippen LogP contribution >= 0.6 is 0 Å². The van der Waals surface area contributed by atoms with Crippen molar-refractivity contribution in [2.24, 2.45) is 0 Å². The molecule has 13 aromatic rings. The highest BCUT2D eigenvalue weighted by Crippen LogP contribution is 2.48. The van der Waals surface area contributed by atoms with Crippen LogP contribution in [0.25, 0.3) is 151 Å². The van der Waals surface area contributed by atoms with Gasteiger partial charge in [0, 0.05) is 43.8 Å². The maximum Gasteiger partial charge on any atom is 0.415 e. The van der Waals surface area contributed by atoms with Crippen LogP contribution in [0.3, 0.4) is 0 Å². The molecule has 422 valence electrons. The third-order valence-corrected chi connectivity index (χ3v) is 16.2. The van der Waals surface area contributed by atoms with Crippen molar-refractivity contribution < 1.29 is 13.2 Å². The fraction of sp³-hybridized carbons (Fsp3) is 0.0130. The molecule has 0 amide bonds. The van der Waals surface area contributed by atoms with Crippen LogP contribution in [0.5, 0.6) is 0 Å². The Hall–Kier alpha value is -14.3. The summed E-state index contributed by atoms with van der Waals surface area (Å²) in [6.07, 6.45) is -4.75. The second-order valence-electron chi connectivity index (χ2n) is 21.5. The zero-order valence-corrected chi connectivity index (χ0v) is 47.6. The molecular formula is C77H33F3N12. The van der Waals surface area contributed by atoms with E-state index in [0.29, 0.717) is 111 Å². The summed E-state index contributed by atoms with van der Waals surface area (Å²) in [7, 11) is 0. The van der Waals surface area contributed by atoms with E-state index in [0.717, 1.165) is 22.9 Å². The first-order valence-corrected chi connectivity index (χ1v) is 27.8. The Morgan fingerprint density at radius 1 is 0.293 bits per heavy atom. The summed E-state index contributed by atoms with van der Waals surface area (Å²) in [5.41, 5.74) is 11.7. The molecular weight excluding hydrogens is 1150 g/mol. The molecule has 0 unspecified atom stereocenters. The highest BCUT2D eigenvalue weighted by molar-refractivity contribution is 6.14. The lowest BCUT2D eigenvalue weighted by Gasteiger charge is -2.21. The molecule has 2 aromatic heterocycles. The quantitative estimate of drug-likeness (QED) is 0.140. The maximum absolute atomic E-state index is 14.3. The normalized spacial score (nSPS) is 10.9. The summed E-state index contributed by atoms with van der Waals surface area (Å²) >= 11 is 0. The van der Waals surface area contributed by atoms with Crippen molar-refractivity contribution in [3.05, 3.63) is 297 Å². The number of hydrogen-bond donors (Lipinski definition) is 0. The van der Waals surface area contributed by atoms with Gasteiger partial charge >= 0.3 is 6.18 Å². The Balaban J connectivity index is 1.14. The molecule has 15 heteroatoms. The van der Waals surface area contributed by atoms with Crippen molar-refractivity contribution in [1.82, 2.24) is 9.13 Å². The Bertz CT molecular complexity index is 5510. The van der Waals surface area contributed by atoms with Crippen LogP contribution in [-0.4, -0.2) is 9.13 Å². The van der Waals surface area contributed by atoms with Crippen molar-refractivity contribution in [2.75, 3.05) is 0 Å². The Kier molecular flexibility index (Phi) is 13.9. The average molecular weight is 1180 g/mol. The van der Waals surface area contributed by atoms with Gasteiger partial charge in [-0.2, -0.15) is 34.2 Å². The van der Waals surface area contributed by atoms with Gasteiger partial charge in [-0.15, -0.1) is 0 Å². The van der Waals surface area contributed by atoms with E-state index in [1.807, 2.05) is 95.6 Å². The molecule has 0 saturated carbocycles. The monoisotopic (exact) mass is 1180 g/mol. The van der Waals surface area contributed by atoms with Gasteiger partial charge in [-0.1, -0.05) is 72.8 Å². The molecule has 13 rings (SSSR count). The van der Waals surface area contributed by atoms with Gasteiger partial charge < -0.3 is 9.13 Å². The van der Waals surface area contributed by atoms with Crippen molar-refractivity contribution in [3.8, 4) is 102 Å². The molecule has 0 aliphatic carbocycles. The molecule has 0 fully saturated rings. The van der Waals surface area contributed by atoms with E-state index in [-0.39, 0.29) is 56.4 Å². The van der Waals surface area contributed by atoms with E-state index in [1.165, 1.54) is 30.3 Å². The Morgan fingerprint density at radius 2 is 0.674 bits per heavy atom. The van der Waals surface area contributed by atoms with Crippen LogP contribution in [0.2, 0.25) is 0 Å². The molecule has 0 spiro atoms. The van der Waals surface area contributed by atoms with Crippen LogP contribution in [0.4, 0.5) is 47.3 Å². The van der Waals surface area contributed by atoms with Gasteiger partial charge in [0.1, 0.15) is 0 Å². The standard InChI is InChI=1S/C77H33F3N12/c1-85-58-13-20-75(91-71-16-8-48(53-22-44(40-81)21-45(23-53)41-82)32-65(71)66-33-49(9-17-72(66)91)54-24-46(42-83)26-59(28-54)86-2)69(39-58)64-14-7-52(63-15-12-57(77(78,79)80)37-70(63)90-6)36-76(64)92-73-18-10-50(55-25-47(43-84)27-60(29-55)87-3)34-67(73)68-35-51(11-19-74(68)92)56-30-61(88-4)38-62(31-56)89-5/h7-39H. The Labute approximate surface area is 523 Å². The highest BCUT2D eigenvalue weighted by atomic mass is 19.4. The molecule has 0 aliphatic rings. The first-order valence-electron chi connectivity index (χ1n) is 27.8. The minimum Gasteiger partial charge on any atom is -0.309 e. The molecule has 92 heavy (non-hydrogen) atoms. The van der Waals surface area contributed by atoms with E-state index in [2.05, 4.69) is 57.9 Å². The number of aromatic nitrogens is 2. The van der Waals surface area contributed by atoms with Crippen LogP contribution in [0, 0.1) is 84.8 Å². The first-order chi connectivity index (χ1) is 44.7. The van der Waals surface area contributed by atoms with E-state index >= 15 is 0 Å². The predicted molar refractivity (Wildman–Crippen MR) is 349 cm³/mol. The topological polar surface area (TPSA) is 131 Å². The zero-order chi connectivity index (χ0) is 64.1. The number of fused-ring (bicyclic) bond motifs is 6. The molecule has 0 atom stereocenters. The minimum atomic E-state index is -4.75. The average Bonchev–Trinajstić information content (AvgIpc) is 1.55. The van der Waals surface area contributed by atoms with Crippen LogP contribution in [0.1, 0.15) is 27.8 Å². The zero-order valence-electron chi connectivity index (χ0n) is 47.6. The number of rotatable bonds is 8. The number of nitriles is 4. The summed E-state index contributed by atoms with van der Waals surface area (Å²) < 4.78 is 47.1. The van der Waals surface area contributed by atoms with Gasteiger partial charge in [-0.25, -0.2) is 29.1 Å². The number of benzene rings is 11. The number of alkyl halides is 3. The van der Waals surface area contributed by atoms with E-state index in [4.69, 9.17) is 39.4 Å². The van der Waals surface area contributed by atoms with Crippen molar-refractivity contribution >= 4 is 77.7 Å². The molecule has 0 saturated heterocycles. The van der Waals surface area contributed by atoms with Crippen LogP contribution in [-0.2, 0) is 6.18 Å². The number of halogens is 3. The fourth-order valence-electron chi connectivity index (χ4n) is 12.1. The van der Waals surface area contributed by atoms with E-state index in [1.54, 1.807) is 66.7 Å². The third kappa shape index (κ3) is 9.89. The number of nitrogens with zero attached hydrogens (tertiary/aromatic N) is 12. The first kappa shape index (κ1) is 56.8. The molecule has 2 heterocycles. The fourth-order valence-corrected chi connectivity index (χ4v) is 12.1. The SMILES string of the molecule is [C-]#[N+]c1cc(C#N)cc(-c2ccc3c(c2)c2cc(-c4cc(C#N)cc(C#N)c4)ccc2n3-c2ccc([N+]#[C-])cc2-c2ccc(-c3ccc(C(F)(F)F)cc3[N+]#[C-])cc2-n2c3ccc(-c4cc(C#N)cc([N+]#[C-])c4)cc3c3cc(-c4cc([N+]#[C-])cc([N+]#[C-])c4)ccc32)c1. The smallest absolute Gasteiger partial charge is 0.309 e. The summed E-state index contributed by atoms with van der Waals surface area (Å²) in [6, 6.07) is 65.0. The largest absolute Gasteiger partial charge is 0.415 e. The third-order valence-electron chi connectivity index (χ3n) is 16.2.